The second-order valence-corrected chi connectivity index (χ2v) is 6.63. The number of rotatable bonds is 5. The number of benzene rings is 1. The number of hydrogen-bond donors (Lipinski definition) is 2. The van der Waals surface area contributed by atoms with Gasteiger partial charge in [-0.05, 0) is 43.0 Å². The Morgan fingerprint density at radius 2 is 1.75 bits per heavy atom. The van der Waals surface area contributed by atoms with Gasteiger partial charge in [0.1, 0.15) is 0 Å². The van der Waals surface area contributed by atoms with E-state index < -0.39 is 5.97 Å². The van der Waals surface area contributed by atoms with Crippen molar-refractivity contribution < 1.29 is 19.5 Å². The van der Waals surface area contributed by atoms with E-state index in [-0.39, 0.29) is 17.7 Å². The Hall–Kier alpha value is -2.37. The minimum absolute atomic E-state index is 0.0418. The van der Waals surface area contributed by atoms with Gasteiger partial charge < -0.3 is 15.3 Å². The third-order valence-electron chi connectivity index (χ3n) is 4.14. The average molecular weight is 332 g/mol. The largest absolute Gasteiger partial charge is 0.481 e. The van der Waals surface area contributed by atoms with Crippen molar-refractivity contribution in [2.45, 2.75) is 33.1 Å². The van der Waals surface area contributed by atoms with Crippen LogP contribution in [0.5, 0.6) is 0 Å². The number of carbonyl (C=O) groups excluding carboxylic acids is 2. The van der Waals surface area contributed by atoms with Crippen LogP contribution in [0.3, 0.4) is 0 Å². The van der Waals surface area contributed by atoms with Gasteiger partial charge >= 0.3 is 5.97 Å². The van der Waals surface area contributed by atoms with E-state index in [1.54, 1.807) is 29.2 Å². The molecule has 0 atom stereocenters. The van der Waals surface area contributed by atoms with Crippen molar-refractivity contribution in [2.24, 2.45) is 11.8 Å². The second kappa shape index (κ2) is 7.95. The van der Waals surface area contributed by atoms with Crippen LogP contribution in [0.4, 0.5) is 5.69 Å². The molecule has 0 aliphatic carbocycles. The molecule has 0 unspecified atom stereocenters. The summed E-state index contributed by atoms with van der Waals surface area (Å²) >= 11 is 0. The molecular weight excluding hydrogens is 308 g/mol. The molecule has 6 nitrogen and oxygen atoms in total. The molecule has 2 amide bonds. The van der Waals surface area contributed by atoms with E-state index in [4.69, 9.17) is 5.11 Å². The fourth-order valence-corrected chi connectivity index (χ4v) is 2.79. The maximum Gasteiger partial charge on any atom is 0.306 e. The number of anilines is 1. The SMILES string of the molecule is CC(C)CC(=O)Nc1ccc(C(=O)N2CCC(C(=O)O)CC2)cc1. The second-order valence-electron chi connectivity index (χ2n) is 6.63. The van der Waals surface area contributed by atoms with Crippen LogP contribution >= 0.6 is 0 Å². The van der Waals surface area contributed by atoms with E-state index in [0.29, 0.717) is 49.5 Å². The summed E-state index contributed by atoms with van der Waals surface area (Å²) < 4.78 is 0. The highest BCUT2D eigenvalue weighted by atomic mass is 16.4. The van der Waals surface area contributed by atoms with Gasteiger partial charge in [0.2, 0.25) is 5.91 Å². The van der Waals surface area contributed by atoms with E-state index in [2.05, 4.69) is 5.32 Å². The molecule has 2 N–H and O–H groups in total. The third kappa shape index (κ3) is 4.81. The van der Waals surface area contributed by atoms with Gasteiger partial charge in [-0.15, -0.1) is 0 Å². The predicted octanol–water partition coefficient (Wildman–Crippen LogP) is 2.61. The number of hydrogen-bond acceptors (Lipinski definition) is 3. The molecule has 1 aromatic rings. The van der Waals surface area contributed by atoms with E-state index in [9.17, 15) is 14.4 Å². The fourth-order valence-electron chi connectivity index (χ4n) is 2.79. The first-order valence-electron chi connectivity index (χ1n) is 8.29. The summed E-state index contributed by atoms with van der Waals surface area (Å²) in [6, 6.07) is 6.82. The number of nitrogens with one attached hydrogen (secondary N) is 1. The maximum absolute atomic E-state index is 12.4. The molecule has 2 rings (SSSR count). The lowest BCUT2D eigenvalue weighted by Gasteiger charge is -2.30. The fraction of sp³-hybridized carbons (Fsp3) is 0.500. The zero-order valence-corrected chi connectivity index (χ0v) is 14.1. The predicted molar refractivity (Wildman–Crippen MR) is 90.8 cm³/mol. The average Bonchev–Trinajstić information content (AvgIpc) is 2.54. The third-order valence-corrected chi connectivity index (χ3v) is 4.14. The molecule has 1 fully saturated rings. The molecule has 6 heteroatoms. The van der Waals surface area contributed by atoms with Gasteiger partial charge in [-0.3, -0.25) is 14.4 Å². The minimum Gasteiger partial charge on any atom is -0.481 e. The number of carboxylic acids is 1. The number of likely N-dealkylation sites (tertiary alicyclic amines) is 1. The Labute approximate surface area is 141 Å². The maximum atomic E-state index is 12.4. The number of carboxylic acid groups (broad SMARTS) is 1. The van der Waals surface area contributed by atoms with Crippen LogP contribution in [0, 0.1) is 11.8 Å². The Morgan fingerprint density at radius 3 is 2.25 bits per heavy atom. The highest BCUT2D eigenvalue weighted by Gasteiger charge is 2.27. The lowest BCUT2D eigenvalue weighted by Crippen LogP contribution is -2.40. The van der Waals surface area contributed by atoms with Gasteiger partial charge in [0.25, 0.3) is 5.91 Å². The van der Waals surface area contributed by atoms with Crippen molar-refractivity contribution in [3.05, 3.63) is 29.8 Å². The first-order chi connectivity index (χ1) is 11.4. The van der Waals surface area contributed by atoms with Crippen molar-refractivity contribution >= 4 is 23.5 Å². The summed E-state index contributed by atoms with van der Waals surface area (Å²) in [6.45, 7) is 4.88. The Balaban J connectivity index is 1.92. The van der Waals surface area contributed by atoms with Crippen molar-refractivity contribution in [3.8, 4) is 0 Å². The zero-order chi connectivity index (χ0) is 17.7. The molecule has 130 valence electrons. The van der Waals surface area contributed by atoms with Gasteiger partial charge in [0.15, 0.2) is 0 Å². The van der Waals surface area contributed by atoms with E-state index in [0.717, 1.165) is 0 Å². The molecular formula is C18H24N2O4. The van der Waals surface area contributed by atoms with Gasteiger partial charge in [-0.1, -0.05) is 13.8 Å². The quantitative estimate of drug-likeness (QED) is 0.868. The number of carbonyl (C=O) groups is 3. The molecule has 1 aromatic carbocycles. The van der Waals surface area contributed by atoms with Crippen LogP contribution in [0.25, 0.3) is 0 Å². The first kappa shape index (κ1) is 18.0. The van der Waals surface area contributed by atoms with Crippen LogP contribution in [-0.2, 0) is 9.59 Å². The topological polar surface area (TPSA) is 86.7 Å². The van der Waals surface area contributed by atoms with Gasteiger partial charge in [0.05, 0.1) is 5.92 Å². The first-order valence-corrected chi connectivity index (χ1v) is 8.29. The minimum atomic E-state index is -0.788. The zero-order valence-electron chi connectivity index (χ0n) is 14.1. The normalized spacial score (nSPS) is 15.4. The van der Waals surface area contributed by atoms with Crippen molar-refractivity contribution in [3.63, 3.8) is 0 Å². The number of piperidine rings is 1. The molecule has 1 aliphatic rings. The lowest BCUT2D eigenvalue weighted by atomic mass is 9.96. The van der Waals surface area contributed by atoms with Crippen molar-refractivity contribution in [1.29, 1.82) is 0 Å². The molecule has 24 heavy (non-hydrogen) atoms. The van der Waals surface area contributed by atoms with Gasteiger partial charge in [0, 0.05) is 30.8 Å². The highest BCUT2D eigenvalue weighted by Crippen LogP contribution is 2.20. The monoisotopic (exact) mass is 332 g/mol. The van der Waals surface area contributed by atoms with E-state index in [1.807, 2.05) is 13.8 Å². The summed E-state index contributed by atoms with van der Waals surface area (Å²) in [5.74, 6) is -0.991. The number of aliphatic carboxylic acids is 1. The molecule has 1 saturated heterocycles. The number of amides is 2. The standard InChI is InChI=1S/C18H24N2O4/c1-12(2)11-16(21)19-15-5-3-13(4-6-15)17(22)20-9-7-14(8-10-20)18(23)24/h3-6,12,14H,7-11H2,1-2H3,(H,19,21)(H,23,24). The molecule has 0 radical (unpaired) electrons. The van der Waals surface area contributed by atoms with Crippen LogP contribution in [0.2, 0.25) is 0 Å². The summed E-state index contributed by atoms with van der Waals surface area (Å²) in [6.07, 6.45) is 1.44. The van der Waals surface area contributed by atoms with Crippen molar-refractivity contribution in [1.82, 2.24) is 4.90 Å². The van der Waals surface area contributed by atoms with Crippen LogP contribution in [-0.4, -0.2) is 40.9 Å². The summed E-state index contributed by atoms with van der Waals surface area (Å²) in [5.41, 5.74) is 1.22. The summed E-state index contributed by atoms with van der Waals surface area (Å²) in [7, 11) is 0. The summed E-state index contributed by atoms with van der Waals surface area (Å²) in [5, 5.41) is 11.8. The molecule has 1 heterocycles. The van der Waals surface area contributed by atoms with Crippen molar-refractivity contribution in [2.75, 3.05) is 18.4 Å². The van der Waals surface area contributed by atoms with Crippen LogP contribution < -0.4 is 5.32 Å². The number of nitrogens with zero attached hydrogens (tertiary/aromatic N) is 1. The Morgan fingerprint density at radius 1 is 1.17 bits per heavy atom. The highest BCUT2D eigenvalue weighted by molar-refractivity contribution is 5.96. The summed E-state index contributed by atoms with van der Waals surface area (Å²) in [4.78, 5) is 36.8. The smallest absolute Gasteiger partial charge is 0.306 e. The molecule has 0 spiro atoms. The molecule has 0 bridgehead atoms. The van der Waals surface area contributed by atoms with E-state index in [1.165, 1.54) is 0 Å². The van der Waals surface area contributed by atoms with Gasteiger partial charge in [-0.25, -0.2) is 0 Å². The van der Waals surface area contributed by atoms with Gasteiger partial charge in [-0.2, -0.15) is 0 Å². The van der Waals surface area contributed by atoms with Crippen LogP contribution in [0.15, 0.2) is 24.3 Å². The molecule has 0 saturated carbocycles. The Bertz CT molecular complexity index is 602. The van der Waals surface area contributed by atoms with E-state index >= 15 is 0 Å². The van der Waals surface area contributed by atoms with Crippen LogP contribution in [0.1, 0.15) is 43.5 Å². The molecule has 0 aromatic heterocycles. The lowest BCUT2D eigenvalue weighted by molar-refractivity contribution is -0.143. The molecule has 1 aliphatic heterocycles. The Kier molecular flexibility index (Phi) is 5.95.